The van der Waals surface area contributed by atoms with Gasteiger partial charge in [0.1, 0.15) is 17.8 Å². The highest BCUT2D eigenvalue weighted by atomic mass is 79.9. The predicted molar refractivity (Wildman–Crippen MR) is 72.4 cm³/mol. The molecule has 5 heteroatoms. The van der Waals surface area contributed by atoms with E-state index in [1.807, 2.05) is 12.1 Å². The Bertz CT molecular complexity index is 610. The molecular weight excluding hydrogens is 316 g/mol. The molecule has 1 aromatic heterocycles. The van der Waals surface area contributed by atoms with Crippen LogP contribution in [0.1, 0.15) is 11.1 Å². The van der Waals surface area contributed by atoms with Crippen molar-refractivity contribution >= 4 is 27.5 Å². The molecule has 1 heterocycles. The van der Waals surface area contributed by atoms with Gasteiger partial charge in [0, 0.05) is 10.5 Å². The third-order valence-electron chi connectivity index (χ3n) is 2.23. The first-order valence-corrected chi connectivity index (χ1v) is 6.30. The van der Waals surface area contributed by atoms with E-state index in [2.05, 4.69) is 27.0 Å². The van der Waals surface area contributed by atoms with Gasteiger partial charge in [-0.15, -0.1) is 0 Å². The molecule has 0 aliphatic rings. The average Bonchev–Trinajstić information content (AvgIpc) is 2.37. The SMILES string of the molecule is N#Cc1ccc(COc2cccc(Cl)n2)cc1Br. The van der Waals surface area contributed by atoms with Gasteiger partial charge in [-0.25, -0.2) is 4.98 Å². The van der Waals surface area contributed by atoms with Crippen LogP contribution in [0.15, 0.2) is 40.9 Å². The molecule has 0 atom stereocenters. The quantitative estimate of drug-likeness (QED) is 0.804. The van der Waals surface area contributed by atoms with Crippen LogP contribution in [0.2, 0.25) is 5.15 Å². The van der Waals surface area contributed by atoms with Crippen molar-refractivity contribution in [2.24, 2.45) is 0 Å². The van der Waals surface area contributed by atoms with Gasteiger partial charge in [0.2, 0.25) is 5.88 Å². The normalized spacial score (nSPS) is 9.83. The molecule has 0 radical (unpaired) electrons. The van der Waals surface area contributed by atoms with Crippen LogP contribution in [0.4, 0.5) is 0 Å². The monoisotopic (exact) mass is 322 g/mol. The van der Waals surface area contributed by atoms with E-state index in [0.717, 1.165) is 10.0 Å². The summed E-state index contributed by atoms with van der Waals surface area (Å²) in [7, 11) is 0. The van der Waals surface area contributed by atoms with Crippen LogP contribution in [0.3, 0.4) is 0 Å². The molecule has 0 saturated carbocycles. The summed E-state index contributed by atoms with van der Waals surface area (Å²) in [6, 6.07) is 12.7. The van der Waals surface area contributed by atoms with Gasteiger partial charge >= 0.3 is 0 Å². The van der Waals surface area contributed by atoms with E-state index in [1.165, 1.54) is 0 Å². The smallest absolute Gasteiger partial charge is 0.214 e. The summed E-state index contributed by atoms with van der Waals surface area (Å²) in [5.74, 6) is 0.475. The molecule has 2 aromatic rings. The number of ether oxygens (including phenoxy) is 1. The average molecular weight is 324 g/mol. The maximum atomic E-state index is 8.81. The number of rotatable bonds is 3. The van der Waals surface area contributed by atoms with Crippen LogP contribution < -0.4 is 4.74 Å². The number of hydrogen-bond donors (Lipinski definition) is 0. The molecule has 18 heavy (non-hydrogen) atoms. The Hall–Kier alpha value is -1.57. The lowest BCUT2D eigenvalue weighted by atomic mass is 10.1. The molecule has 0 amide bonds. The fourth-order valence-electron chi connectivity index (χ4n) is 1.37. The fourth-order valence-corrected chi connectivity index (χ4v) is 2.04. The van der Waals surface area contributed by atoms with Crippen molar-refractivity contribution in [1.82, 2.24) is 4.98 Å². The van der Waals surface area contributed by atoms with Crippen molar-refractivity contribution in [2.75, 3.05) is 0 Å². The van der Waals surface area contributed by atoms with Crippen LogP contribution >= 0.6 is 27.5 Å². The van der Waals surface area contributed by atoms with E-state index in [-0.39, 0.29) is 0 Å². The van der Waals surface area contributed by atoms with E-state index in [1.54, 1.807) is 24.3 Å². The first-order chi connectivity index (χ1) is 8.69. The summed E-state index contributed by atoms with van der Waals surface area (Å²) in [4.78, 5) is 4.02. The Morgan fingerprint density at radius 1 is 1.33 bits per heavy atom. The van der Waals surface area contributed by atoms with E-state index in [4.69, 9.17) is 21.6 Å². The molecule has 0 unspecified atom stereocenters. The summed E-state index contributed by atoms with van der Waals surface area (Å²) in [5.41, 5.74) is 1.54. The Morgan fingerprint density at radius 3 is 2.83 bits per heavy atom. The molecule has 0 bridgehead atoms. The second kappa shape index (κ2) is 5.85. The van der Waals surface area contributed by atoms with Crippen LogP contribution in [-0.4, -0.2) is 4.98 Å². The summed E-state index contributed by atoms with van der Waals surface area (Å²) in [5, 5.41) is 9.21. The highest BCUT2D eigenvalue weighted by Crippen LogP contribution is 2.19. The first-order valence-electron chi connectivity index (χ1n) is 5.13. The molecule has 0 N–H and O–H groups in total. The number of hydrogen-bond acceptors (Lipinski definition) is 3. The molecular formula is C13H8BrClN2O. The van der Waals surface area contributed by atoms with Crippen molar-refractivity contribution in [3.63, 3.8) is 0 Å². The summed E-state index contributed by atoms with van der Waals surface area (Å²) < 4.78 is 6.26. The molecule has 0 fully saturated rings. The van der Waals surface area contributed by atoms with E-state index in [0.29, 0.717) is 23.2 Å². The lowest BCUT2D eigenvalue weighted by Gasteiger charge is -2.06. The number of pyridine rings is 1. The molecule has 2 rings (SSSR count). The van der Waals surface area contributed by atoms with E-state index >= 15 is 0 Å². The van der Waals surface area contributed by atoms with Gasteiger partial charge in [-0.05, 0) is 39.7 Å². The minimum Gasteiger partial charge on any atom is -0.473 e. The second-order valence-electron chi connectivity index (χ2n) is 3.51. The maximum Gasteiger partial charge on any atom is 0.214 e. The highest BCUT2D eigenvalue weighted by molar-refractivity contribution is 9.10. The Balaban J connectivity index is 2.07. The molecule has 0 saturated heterocycles. The van der Waals surface area contributed by atoms with E-state index in [9.17, 15) is 0 Å². The second-order valence-corrected chi connectivity index (χ2v) is 4.75. The number of halogens is 2. The van der Waals surface area contributed by atoms with Gasteiger partial charge in [-0.1, -0.05) is 23.7 Å². The summed E-state index contributed by atoms with van der Waals surface area (Å²) in [6.45, 7) is 0.373. The standard InChI is InChI=1S/C13H8BrClN2O/c14-11-6-9(4-5-10(11)7-16)8-18-13-3-1-2-12(15)17-13/h1-6H,8H2. The molecule has 3 nitrogen and oxygen atoms in total. The summed E-state index contributed by atoms with van der Waals surface area (Å²) >= 11 is 9.09. The van der Waals surface area contributed by atoms with Crippen molar-refractivity contribution in [1.29, 1.82) is 5.26 Å². The number of benzene rings is 1. The topological polar surface area (TPSA) is 45.9 Å². The largest absolute Gasteiger partial charge is 0.473 e. The van der Waals surface area contributed by atoms with Crippen LogP contribution in [-0.2, 0) is 6.61 Å². The number of nitrogens with zero attached hydrogens (tertiary/aromatic N) is 2. The lowest BCUT2D eigenvalue weighted by Crippen LogP contribution is -1.97. The Labute approximate surface area is 118 Å². The fraction of sp³-hybridized carbons (Fsp3) is 0.0769. The number of aromatic nitrogens is 1. The number of nitriles is 1. The van der Waals surface area contributed by atoms with Gasteiger partial charge in [-0.3, -0.25) is 0 Å². The molecule has 0 aliphatic carbocycles. The van der Waals surface area contributed by atoms with Gasteiger partial charge in [0.15, 0.2) is 0 Å². The minimum atomic E-state index is 0.373. The summed E-state index contributed by atoms with van der Waals surface area (Å²) in [6.07, 6.45) is 0. The van der Waals surface area contributed by atoms with E-state index < -0.39 is 0 Å². The van der Waals surface area contributed by atoms with Crippen LogP contribution in [0, 0.1) is 11.3 Å². The molecule has 0 spiro atoms. The van der Waals surface area contributed by atoms with Crippen LogP contribution in [0.5, 0.6) is 5.88 Å². The zero-order valence-corrected chi connectivity index (χ0v) is 11.6. The zero-order chi connectivity index (χ0) is 13.0. The van der Waals surface area contributed by atoms with Gasteiger partial charge in [-0.2, -0.15) is 5.26 Å². The van der Waals surface area contributed by atoms with Gasteiger partial charge in [0.25, 0.3) is 0 Å². The third kappa shape index (κ3) is 3.22. The zero-order valence-electron chi connectivity index (χ0n) is 9.23. The highest BCUT2D eigenvalue weighted by Gasteiger charge is 2.02. The molecule has 90 valence electrons. The first kappa shape index (κ1) is 12.9. The maximum absolute atomic E-state index is 8.81. The van der Waals surface area contributed by atoms with Crippen LogP contribution in [0.25, 0.3) is 0 Å². The molecule has 0 aliphatic heterocycles. The van der Waals surface area contributed by atoms with Crippen molar-refractivity contribution < 1.29 is 4.74 Å². The predicted octanol–water partition coefficient (Wildman–Crippen LogP) is 3.95. The van der Waals surface area contributed by atoms with Crippen molar-refractivity contribution in [2.45, 2.75) is 6.61 Å². The minimum absolute atomic E-state index is 0.373. The Kier molecular flexibility index (Phi) is 4.19. The van der Waals surface area contributed by atoms with Crippen molar-refractivity contribution in [3.05, 3.63) is 57.2 Å². The van der Waals surface area contributed by atoms with Crippen molar-refractivity contribution in [3.8, 4) is 11.9 Å². The Morgan fingerprint density at radius 2 is 2.17 bits per heavy atom. The van der Waals surface area contributed by atoms with Gasteiger partial charge in [0.05, 0.1) is 5.56 Å². The molecule has 1 aromatic carbocycles. The third-order valence-corrected chi connectivity index (χ3v) is 3.10. The van der Waals surface area contributed by atoms with Gasteiger partial charge < -0.3 is 4.74 Å². The lowest BCUT2D eigenvalue weighted by molar-refractivity contribution is 0.294.